The first kappa shape index (κ1) is 22.4. The second-order valence-corrected chi connectivity index (χ2v) is 8.46. The van der Waals surface area contributed by atoms with E-state index in [-0.39, 0.29) is 6.54 Å². The molecular weight excluding hydrogens is 450 g/mol. The molecule has 11 heteroatoms. The lowest BCUT2D eigenvalue weighted by atomic mass is 10.1. The molecule has 0 aliphatic carbocycles. The van der Waals surface area contributed by atoms with Crippen LogP contribution in [0, 0.1) is 0 Å². The van der Waals surface area contributed by atoms with Gasteiger partial charge in [-0.1, -0.05) is 35.9 Å². The van der Waals surface area contributed by atoms with Gasteiger partial charge in [-0.3, -0.25) is 4.21 Å². The highest BCUT2D eigenvalue weighted by molar-refractivity contribution is 7.77. The molecule has 0 saturated heterocycles. The summed E-state index contributed by atoms with van der Waals surface area (Å²) in [6, 6.07) is 13.5. The highest BCUT2D eigenvalue weighted by atomic mass is 35.5. The Morgan fingerprint density at radius 1 is 1.25 bits per heavy atom. The van der Waals surface area contributed by atoms with Gasteiger partial charge in [0.05, 0.1) is 6.20 Å². The molecule has 9 nitrogen and oxygen atoms in total. The van der Waals surface area contributed by atoms with Crippen LogP contribution in [0.2, 0.25) is 5.02 Å². The van der Waals surface area contributed by atoms with Crippen molar-refractivity contribution >= 4 is 51.7 Å². The molecule has 1 aliphatic heterocycles. The molecule has 32 heavy (non-hydrogen) atoms. The lowest BCUT2D eigenvalue weighted by Gasteiger charge is -2.20. The minimum atomic E-state index is -2.35. The van der Waals surface area contributed by atoms with Crippen LogP contribution in [0.15, 0.2) is 48.7 Å². The molecule has 4 rings (SSSR count). The van der Waals surface area contributed by atoms with Crippen molar-refractivity contribution in [3.8, 4) is 0 Å². The summed E-state index contributed by atoms with van der Waals surface area (Å²) in [5.74, 6) is 0.804. The lowest BCUT2D eigenvalue weighted by Crippen LogP contribution is -2.24. The van der Waals surface area contributed by atoms with Gasteiger partial charge in [-0.2, -0.15) is 4.98 Å². The Morgan fingerprint density at radius 3 is 2.94 bits per heavy atom. The van der Waals surface area contributed by atoms with Gasteiger partial charge in [0.1, 0.15) is 5.02 Å². The summed E-state index contributed by atoms with van der Waals surface area (Å²) in [5.41, 5.74) is 4.70. The van der Waals surface area contributed by atoms with Crippen molar-refractivity contribution in [2.75, 3.05) is 35.7 Å². The van der Waals surface area contributed by atoms with Crippen LogP contribution in [-0.4, -0.2) is 38.9 Å². The van der Waals surface area contributed by atoms with Crippen molar-refractivity contribution in [1.29, 1.82) is 0 Å². The zero-order valence-electron chi connectivity index (χ0n) is 17.4. The minimum Gasteiger partial charge on any atom is -0.760 e. The number of benzene rings is 2. The summed E-state index contributed by atoms with van der Waals surface area (Å²) in [7, 11) is 2.07. The van der Waals surface area contributed by atoms with Crippen LogP contribution < -0.4 is 25.6 Å². The third-order valence-corrected chi connectivity index (χ3v) is 5.74. The van der Waals surface area contributed by atoms with Gasteiger partial charge in [-0.15, -0.1) is 0 Å². The summed E-state index contributed by atoms with van der Waals surface area (Å²) in [5, 5.41) is 10.2. The molecule has 1 aliphatic rings. The van der Waals surface area contributed by atoms with Gasteiger partial charge >= 0.3 is 0 Å². The van der Waals surface area contributed by atoms with Crippen LogP contribution >= 0.6 is 11.6 Å². The summed E-state index contributed by atoms with van der Waals surface area (Å²) in [6.07, 6.45) is 1.52. The average molecular weight is 473 g/mol. The third-order valence-electron chi connectivity index (χ3n) is 5.09. The van der Waals surface area contributed by atoms with E-state index >= 15 is 0 Å². The first-order valence-electron chi connectivity index (χ1n) is 10.0. The van der Waals surface area contributed by atoms with E-state index in [1.807, 2.05) is 30.3 Å². The quantitative estimate of drug-likeness (QED) is 0.388. The molecule has 0 amide bonds. The molecular formula is C21H23ClN7O2S-. The Morgan fingerprint density at radius 2 is 2.09 bits per heavy atom. The second kappa shape index (κ2) is 10.2. The van der Waals surface area contributed by atoms with E-state index in [0.717, 1.165) is 36.6 Å². The Kier molecular flexibility index (Phi) is 7.18. The van der Waals surface area contributed by atoms with E-state index in [1.54, 1.807) is 0 Å². The fourth-order valence-electron chi connectivity index (χ4n) is 3.44. The number of fused-ring (bicyclic) bond motifs is 1. The molecule has 1 unspecified atom stereocenters. The Labute approximate surface area is 194 Å². The van der Waals surface area contributed by atoms with Crippen molar-refractivity contribution in [3.63, 3.8) is 0 Å². The Balaban J connectivity index is 1.55. The molecule has 0 fully saturated rings. The summed E-state index contributed by atoms with van der Waals surface area (Å²) in [6.45, 7) is 2.84. The first-order chi connectivity index (χ1) is 15.5. The molecule has 3 aromatic rings. The predicted octanol–water partition coefficient (Wildman–Crippen LogP) is 3.04. The monoisotopic (exact) mass is 472 g/mol. The zero-order valence-corrected chi connectivity index (χ0v) is 19.0. The number of nitrogens with one attached hydrogen (secondary N) is 4. The van der Waals surface area contributed by atoms with E-state index < -0.39 is 11.3 Å². The van der Waals surface area contributed by atoms with Crippen LogP contribution in [0.5, 0.6) is 0 Å². The van der Waals surface area contributed by atoms with Gasteiger partial charge < -0.3 is 25.4 Å². The fraction of sp³-hybridized carbons (Fsp3) is 0.238. The van der Waals surface area contributed by atoms with E-state index in [2.05, 4.69) is 54.7 Å². The van der Waals surface area contributed by atoms with E-state index in [4.69, 9.17) is 11.6 Å². The molecule has 2 aromatic carbocycles. The summed E-state index contributed by atoms with van der Waals surface area (Å²) in [4.78, 5) is 11.0. The van der Waals surface area contributed by atoms with Crippen molar-refractivity contribution < 1.29 is 8.76 Å². The number of likely N-dealkylation sites (N-methyl/N-ethyl adjacent to an activating group) is 1. The highest BCUT2D eigenvalue weighted by Gasteiger charge is 2.13. The van der Waals surface area contributed by atoms with Crippen molar-refractivity contribution in [3.05, 3.63) is 64.8 Å². The first-order valence-corrected chi connectivity index (χ1v) is 11.5. The average Bonchev–Trinajstić information content (AvgIpc) is 2.96. The van der Waals surface area contributed by atoms with Crippen LogP contribution in [-0.2, 0) is 24.4 Å². The normalized spacial score (nSPS) is 14.4. The molecule has 0 bridgehead atoms. The number of hydrogen-bond donors (Lipinski definition) is 4. The highest BCUT2D eigenvalue weighted by Crippen LogP contribution is 2.29. The molecule has 0 spiro atoms. The number of nitrogens with zero attached hydrogens (tertiary/aromatic N) is 3. The molecule has 1 aromatic heterocycles. The summed E-state index contributed by atoms with van der Waals surface area (Å²) < 4.78 is 24.1. The topological polar surface area (TPSA) is 117 Å². The largest absolute Gasteiger partial charge is 0.760 e. The molecule has 1 atom stereocenters. The van der Waals surface area contributed by atoms with Crippen LogP contribution in [0.1, 0.15) is 11.1 Å². The van der Waals surface area contributed by atoms with Gasteiger partial charge in [0.15, 0.2) is 5.82 Å². The SMILES string of the molecule is CN1CCNCc2ccc(Nc3ncc(Cl)c(Nc4ccccc4CNS(=O)[O-])n3)cc21. The molecule has 0 radical (unpaired) electrons. The molecule has 0 saturated carbocycles. The van der Waals surface area contributed by atoms with Gasteiger partial charge in [-0.25, -0.2) is 9.71 Å². The van der Waals surface area contributed by atoms with Crippen molar-refractivity contribution in [1.82, 2.24) is 20.0 Å². The number of anilines is 5. The predicted molar refractivity (Wildman–Crippen MR) is 127 cm³/mol. The Hall–Kier alpha value is -2.76. The van der Waals surface area contributed by atoms with E-state index in [9.17, 15) is 8.76 Å². The maximum atomic E-state index is 10.9. The van der Waals surface area contributed by atoms with Crippen LogP contribution in [0.3, 0.4) is 0 Å². The van der Waals surface area contributed by atoms with Crippen molar-refractivity contribution in [2.45, 2.75) is 13.1 Å². The zero-order chi connectivity index (χ0) is 22.5. The van der Waals surface area contributed by atoms with Crippen LogP contribution in [0.25, 0.3) is 0 Å². The number of aromatic nitrogens is 2. The van der Waals surface area contributed by atoms with Crippen LogP contribution in [0.4, 0.5) is 28.8 Å². The number of rotatable bonds is 7. The van der Waals surface area contributed by atoms with E-state index in [1.165, 1.54) is 11.8 Å². The molecule has 4 N–H and O–H groups in total. The summed E-state index contributed by atoms with van der Waals surface area (Å²) >= 11 is 3.96. The van der Waals surface area contributed by atoms with Gasteiger partial charge in [0, 0.05) is 61.6 Å². The maximum Gasteiger partial charge on any atom is 0.229 e. The van der Waals surface area contributed by atoms with Gasteiger partial charge in [-0.05, 0) is 29.3 Å². The fourth-order valence-corrected chi connectivity index (χ4v) is 3.85. The molecule has 168 valence electrons. The van der Waals surface area contributed by atoms with Gasteiger partial charge in [0.2, 0.25) is 5.95 Å². The minimum absolute atomic E-state index is 0.143. The second-order valence-electron chi connectivity index (χ2n) is 7.29. The smallest absolute Gasteiger partial charge is 0.229 e. The van der Waals surface area contributed by atoms with E-state index in [0.29, 0.717) is 22.5 Å². The maximum absolute atomic E-state index is 10.9. The Bertz CT molecular complexity index is 1130. The van der Waals surface area contributed by atoms with Crippen molar-refractivity contribution in [2.24, 2.45) is 0 Å². The number of hydrogen-bond acceptors (Lipinski definition) is 8. The molecule has 2 heterocycles. The van der Waals surface area contributed by atoms with Gasteiger partial charge in [0.25, 0.3) is 0 Å². The number of halogens is 1. The lowest BCUT2D eigenvalue weighted by molar-refractivity contribution is 0.522. The number of para-hydroxylation sites is 1. The standard InChI is InChI=1S/C21H24ClN7O2S/c1-29-9-8-23-11-15-6-7-16(10-19(15)29)26-21-24-13-17(22)20(28-21)27-18-5-3-2-4-14(18)12-25-32(30)31/h2-7,10,13,23,25H,8-9,11-12H2,1H3,(H,30,31)(H2,24,26,27,28)/p-1. The third kappa shape index (κ3) is 5.53.